The maximum Gasteiger partial charge on any atom is 0.344 e. The molecule has 0 saturated heterocycles. The van der Waals surface area contributed by atoms with Crippen LogP contribution in [0.1, 0.15) is 12.6 Å². The maximum absolute atomic E-state index is 11.1. The van der Waals surface area contributed by atoms with Crippen molar-refractivity contribution in [3.05, 3.63) is 33.9 Å². The summed E-state index contributed by atoms with van der Waals surface area (Å²) in [5.74, 6) is -0.354. The first-order chi connectivity index (χ1) is 14.4. The first-order valence-corrected chi connectivity index (χ1v) is 13.7. The van der Waals surface area contributed by atoms with Crippen LogP contribution in [0.25, 0.3) is 11.3 Å². The number of ether oxygens (including phenoxy) is 2. The normalized spacial score (nSPS) is 12.6. The Kier molecular flexibility index (Phi) is 6.40. The molecule has 8 nitrogen and oxygen atoms in total. The Hall–Kier alpha value is -2.49. The van der Waals surface area contributed by atoms with Crippen LogP contribution < -0.4 is 14.9 Å². The molecule has 1 atom stereocenters. The van der Waals surface area contributed by atoms with Gasteiger partial charge in [0, 0.05) is 19.2 Å². The third kappa shape index (κ3) is 4.89. The lowest BCUT2D eigenvalue weighted by Gasteiger charge is -2.15. The lowest BCUT2D eigenvalue weighted by Crippen LogP contribution is -2.36. The number of hydrogen-bond acceptors (Lipinski definition) is 6. The van der Waals surface area contributed by atoms with Gasteiger partial charge >= 0.3 is 5.97 Å². The topological polar surface area (TPSA) is 99.6 Å². The van der Waals surface area contributed by atoms with E-state index in [0.717, 1.165) is 5.38 Å². The average molecular weight is 484 g/mol. The summed E-state index contributed by atoms with van der Waals surface area (Å²) in [6.45, 7) is 9.74. The van der Waals surface area contributed by atoms with E-state index in [9.17, 15) is 4.79 Å². The fourth-order valence-electron chi connectivity index (χ4n) is 2.82. The Balaban J connectivity index is 2.02. The molecule has 31 heavy (non-hydrogen) atoms. The van der Waals surface area contributed by atoms with Gasteiger partial charge in [-0.2, -0.15) is 5.10 Å². The zero-order valence-electron chi connectivity index (χ0n) is 18.0. The smallest absolute Gasteiger partial charge is 0.344 e. The second-order valence-corrected chi connectivity index (χ2v) is 13.9. The van der Waals surface area contributed by atoms with E-state index in [1.807, 2.05) is 13.0 Å². The molecule has 166 valence electrons. The monoisotopic (exact) mass is 483 g/mol. The van der Waals surface area contributed by atoms with Gasteiger partial charge < -0.3 is 19.1 Å². The average Bonchev–Trinajstić information content (AvgIpc) is 3.23. The molecule has 2 heterocycles. The van der Waals surface area contributed by atoms with Crippen molar-refractivity contribution in [3.8, 4) is 28.6 Å². The molecule has 0 bridgehead atoms. The van der Waals surface area contributed by atoms with Gasteiger partial charge in [0.1, 0.15) is 24.9 Å². The number of carboxylic acids is 1. The molecule has 0 radical (unpaired) electrons. The van der Waals surface area contributed by atoms with Crippen LogP contribution in [-0.4, -0.2) is 40.2 Å². The number of benzene rings is 1. The molecule has 2 aromatic heterocycles. The van der Waals surface area contributed by atoms with Crippen LogP contribution in [0, 0.1) is 6.92 Å². The van der Waals surface area contributed by atoms with Crippen LogP contribution in [0.5, 0.6) is 17.4 Å². The first-order valence-electron chi connectivity index (χ1n) is 9.46. The largest absolute Gasteiger partial charge is 0.479 e. The van der Waals surface area contributed by atoms with Crippen LogP contribution in [-0.2, 0) is 11.8 Å². The van der Waals surface area contributed by atoms with Crippen LogP contribution >= 0.6 is 23.2 Å². The van der Waals surface area contributed by atoms with Crippen molar-refractivity contribution in [2.24, 2.45) is 7.05 Å². The molecular weight excluding hydrogens is 461 g/mol. The van der Waals surface area contributed by atoms with Crippen LogP contribution in [0.4, 0.5) is 0 Å². The van der Waals surface area contributed by atoms with Gasteiger partial charge in [0.2, 0.25) is 5.88 Å². The van der Waals surface area contributed by atoms with Crippen molar-refractivity contribution < 1.29 is 23.9 Å². The fourth-order valence-corrected chi connectivity index (χ4v) is 4.17. The molecule has 0 saturated carbocycles. The number of hydrogen-bond donors (Lipinski definition) is 1. The van der Waals surface area contributed by atoms with Crippen molar-refractivity contribution in [1.29, 1.82) is 0 Å². The predicted octanol–water partition coefficient (Wildman–Crippen LogP) is 4.88. The Morgan fingerprint density at radius 3 is 2.42 bits per heavy atom. The summed E-state index contributed by atoms with van der Waals surface area (Å²) in [4.78, 5) is 11.1. The Labute approximate surface area is 190 Å². The number of carboxylic acid groups (broad SMARTS) is 1. The van der Waals surface area contributed by atoms with E-state index in [2.05, 4.69) is 29.9 Å². The van der Waals surface area contributed by atoms with E-state index in [-0.39, 0.29) is 21.5 Å². The van der Waals surface area contributed by atoms with Gasteiger partial charge in [-0.1, -0.05) is 48.0 Å². The summed E-state index contributed by atoms with van der Waals surface area (Å²) in [5, 5.41) is 19.0. The van der Waals surface area contributed by atoms with E-state index in [0.29, 0.717) is 22.8 Å². The van der Waals surface area contributed by atoms with Crippen LogP contribution in [0.3, 0.4) is 0 Å². The zero-order chi connectivity index (χ0) is 23.1. The number of rotatable bonds is 7. The number of nitrogens with zero attached hydrogens (tertiary/aromatic N) is 3. The summed E-state index contributed by atoms with van der Waals surface area (Å²) in [6, 6.07) is 4.80. The highest BCUT2D eigenvalue weighted by Gasteiger charge is 2.27. The summed E-state index contributed by atoms with van der Waals surface area (Å²) >= 11 is 12.5. The van der Waals surface area contributed by atoms with Gasteiger partial charge in [-0.25, -0.2) is 9.48 Å². The molecule has 3 aromatic rings. The highest BCUT2D eigenvalue weighted by molar-refractivity contribution is 6.87. The lowest BCUT2D eigenvalue weighted by atomic mass is 10.2. The number of halogens is 2. The van der Waals surface area contributed by atoms with E-state index >= 15 is 0 Å². The minimum absolute atomic E-state index is 0.138. The highest BCUT2D eigenvalue weighted by atomic mass is 35.5. The van der Waals surface area contributed by atoms with Crippen molar-refractivity contribution in [2.75, 3.05) is 0 Å². The van der Waals surface area contributed by atoms with E-state index in [1.54, 1.807) is 11.7 Å². The maximum atomic E-state index is 11.1. The summed E-state index contributed by atoms with van der Waals surface area (Å²) < 4.78 is 18.7. The van der Waals surface area contributed by atoms with E-state index in [1.165, 1.54) is 19.1 Å². The quantitative estimate of drug-likeness (QED) is 0.477. The molecular formula is C20H23Cl2N3O5Si. The first kappa shape index (κ1) is 23.2. The molecule has 1 N–H and O–H groups in total. The molecule has 3 rings (SSSR count). The van der Waals surface area contributed by atoms with Crippen molar-refractivity contribution in [2.45, 2.75) is 39.6 Å². The van der Waals surface area contributed by atoms with Gasteiger partial charge in [-0.15, -0.1) is 0 Å². The van der Waals surface area contributed by atoms with Crippen LogP contribution in [0.15, 0.2) is 22.7 Å². The van der Waals surface area contributed by atoms with Crippen molar-refractivity contribution in [3.63, 3.8) is 0 Å². The lowest BCUT2D eigenvalue weighted by molar-refractivity contribution is -0.144. The number of aryl methyl sites for hydroxylation is 2. The minimum Gasteiger partial charge on any atom is -0.479 e. The van der Waals surface area contributed by atoms with Gasteiger partial charge in [0.25, 0.3) is 0 Å². The Morgan fingerprint density at radius 2 is 1.84 bits per heavy atom. The third-order valence-corrected chi connectivity index (χ3v) is 6.82. The zero-order valence-corrected chi connectivity index (χ0v) is 20.5. The molecule has 0 spiro atoms. The standard InChI is InChI=1S/C20H23Cl2N3O5Si/c1-10-18(14-8-17(30-24-14)31(4,5)6)19(25(3)23-10)29-16-9-15(12(21)7-13(16)22)28-11(2)20(26)27/h7-9,11H,1-6H3,(H,26,27)/t11-/m0/s1. The molecule has 0 aliphatic carbocycles. The highest BCUT2D eigenvalue weighted by Crippen LogP contribution is 2.41. The van der Waals surface area contributed by atoms with Gasteiger partial charge in [-0.05, 0) is 19.9 Å². The van der Waals surface area contributed by atoms with E-state index in [4.69, 9.17) is 42.3 Å². The van der Waals surface area contributed by atoms with Crippen LogP contribution in [0.2, 0.25) is 29.7 Å². The predicted molar refractivity (Wildman–Crippen MR) is 121 cm³/mol. The minimum atomic E-state index is -1.69. The summed E-state index contributed by atoms with van der Waals surface area (Å²) in [5.41, 5.74) is 1.98. The van der Waals surface area contributed by atoms with E-state index < -0.39 is 20.1 Å². The second kappa shape index (κ2) is 8.56. The van der Waals surface area contributed by atoms with Gasteiger partial charge in [-0.3, -0.25) is 0 Å². The van der Waals surface area contributed by atoms with Gasteiger partial charge in [0.05, 0.1) is 21.3 Å². The molecule has 0 aliphatic heterocycles. The molecule has 0 aliphatic rings. The molecule has 11 heteroatoms. The summed E-state index contributed by atoms with van der Waals surface area (Å²) in [6.07, 6.45) is -1.10. The Bertz CT molecular complexity index is 1140. The second-order valence-electron chi connectivity index (χ2n) is 8.13. The van der Waals surface area contributed by atoms with Crippen molar-refractivity contribution in [1.82, 2.24) is 14.9 Å². The third-order valence-electron chi connectivity index (χ3n) is 4.52. The van der Waals surface area contributed by atoms with Crippen molar-refractivity contribution >= 4 is 42.6 Å². The fraction of sp³-hybridized carbons (Fsp3) is 0.350. The number of aromatic nitrogens is 3. The molecule has 0 amide bonds. The number of aliphatic carboxylic acids is 1. The Morgan fingerprint density at radius 1 is 1.19 bits per heavy atom. The number of carbonyl (C=O) groups is 1. The molecule has 1 aromatic carbocycles. The SMILES string of the molecule is Cc1nn(C)c(Oc2cc(O[C@@H](C)C(=O)O)c(Cl)cc2Cl)c1-c1cc([Si](C)(C)C)on1. The van der Waals surface area contributed by atoms with Gasteiger partial charge in [0.15, 0.2) is 11.9 Å². The summed E-state index contributed by atoms with van der Waals surface area (Å²) in [7, 11) is 0.0425. The molecule has 0 fully saturated rings. The molecule has 0 unspecified atom stereocenters.